The molecule has 4 aromatic rings. The molecule has 2 heterocycles. The number of aromatic nitrogens is 5. The summed E-state index contributed by atoms with van der Waals surface area (Å²) in [4.78, 5) is 16.9. The Balaban J connectivity index is 1.68. The highest BCUT2D eigenvalue weighted by Gasteiger charge is 2.29. The summed E-state index contributed by atoms with van der Waals surface area (Å²) in [6.07, 6.45) is -3.06. The number of alkyl halides is 3. The summed E-state index contributed by atoms with van der Waals surface area (Å²) >= 11 is 0. The Morgan fingerprint density at radius 3 is 2.33 bits per heavy atom. The van der Waals surface area contributed by atoms with Crippen LogP contribution in [0.5, 0.6) is 0 Å². The molecule has 0 bridgehead atoms. The van der Waals surface area contributed by atoms with Crippen molar-refractivity contribution in [3.05, 3.63) is 82.4 Å². The fraction of sp³-hybridized carbons (Fsp3) is 0.111. The van der Waals surface area contributed by atoms with E-state index in [4.69, 9.17) is 0 Å². The van der Waals surface area contributed by atoms with Gasteiger partial charge in [0.2, 0.25) is 0 Å². The largest absolute Gasteiger partial charge is 0.416 e. The number of benzene rings is 2. The van der Waals surface area contributed by atoms with Crippen LogP contribution in [0.3, 0.4) is 0 Å². The highest BCUT2D eigenvalue weighted by atomic mass is 19.4. The molecule has 4 rings (SSSR count). The molecule has 0 aliphatic rings. The predicted octanol–water partition coefficient (Wildman–Crippen LogP) is 3.04. The minimum atomic E-state index is -4.40. The Morgan fingerprint density at radius 1 is 0.963 bits per heavy atom. The first-order valence-corrected chi connectivity index (χ1v) is 7.96. The number of hydrogen-bond acceptors (Lipinski definition) is 4. The topological polar surface area (TPSA) is 65.6 Å². The minimum absolute atomic E-state index is 0.0815. The van der Waals surface area contributed by atoms with E-state index < -0.39 is 17.3 Å². The highest BCUT2D eigenvalue weighted by Crippen LogP contribution is 2.29. The number of hydrogen-bond donors (Lipinski definition) is 0. The maximum Gasteiger partial charge on any atom is 0.416 e. The first-order chi connectivity index (χ1) is 12.9. The summed E-state index contributed by atoms with van der Waals surface area (Å²) in [7, 11) is 0. The number of rotatable bonds is 3. The normalized spacial score (nSPS) is 11.8. The highest BCUT2D eigenvalue weighted by molar-refractivity contribution is 5.70. The molecule has 136 valence electrons. The summed E-state index contributed by atoms with van der Waals surface area (Å²) in [5.41, 5.74) is 0.511. The molecule has 9 heteroatoms. The van der Waals surface area contributed by atoms with E-state index in [1.807, 2.05) is 30.3 Å². The molecule has 0 atom stereocenters. The van der Waals surface area contributed by atoms with Crippen LogP contribution in [0.2, 0.25) is 0 Å². The molecular weight excluding hydrogens is 359 g/mol. The molecule has 0 aliphatic carbocycles. The second kappa shape index (κ2) is 6.35. The van der Waals surface area contributed by atoms with Gasteiger partial charge in [-0.1, -0.05) is 35.5 Å². The van der Waals surface area contributed by atoms with E-state index in [9.17, 15) is 18.0 Å². The molecule has 0 aliphatic heterocycles. The van der Waals surface area contributed by atoms with Crippen LogP contribution in [0, 0.1) is 0 Å². The van der Waals surface area contributed by atoms with Gasteiger partial charge in [0.15, 0.2) is 11.2 Å². The van der Waals surface area contributed by atoms with Crippen molar-refractivity contribution >= 4 is 11.2 Å². The molecule has 27 heavy (non-hydrogen) atoms. The molecule has 0 spiro atoms. The van der Waals surface area contributed by atoms with Crippen molar-refractivity contribution in [1.82, 2.24) is 24.5 Å². The Kier molecular flexibility index (Phi) is 3.98. The van der Waals surface area contributed by atoms with Crippen molar-refractivity contribution < 1.29 is 13.2 Å². The van der Waals surface area contributed by atoms with Crippen molar-refractivity contribution in [2.75, 3.05) is 0 Å². The number of nitrogens with zero attached hydrogens (tertiary/aromatic N) is 5. The van der Waals surface area contributed by atoms with Gasteiger partial charge in [-0.25, -0.2) is 4.98 Å². The summed E-state index contributed by atoms with van der Waals surface area (Å²) in [5, 5.41) is 7.89. The molecular formula is C18H12F3N5O. The molecule has 2 aromatic heterocycles. The molecule has 0 radical (unpaired) electrons. The molecule has 0 N–H and O–H groups in total. The Labute approximate surface area is 150 Å². The van der Waals surface area contributed by atoms with Crippen LogP contribution >= 0.6 is 0 Å². The van der Waals surface area contributed by atoms with E-state index in [2.05, 4.69) is 15.3 Å². The molecule has 0 fully saturated rings. The van der Waals surface area contributed by atoms with Gasteiger partial charge < -0.3 is 0 Å². The summed E-state index contributed by atoms with van der Waals surface area (Å²) < 4.78 is 40.7. The zero-order chi connectivity index (χ0) is 19.0. The number of halogens is 3. The lowest BCUT2D eigenvalue weighted by molar-refractivity contribution is -0.137. The van der Waals surface area contributed by atoms with Crippen molar-refractivity contribution in [1.29, 1.82) is 0 Å². The van der Waals surface area contributed by atoms with Crippen LogP contribution in [-0.2, 0) is 12.7 Å². The summed E-state index contributed by atoms with van der Waals surface area (Å²) in [5.74, 6) is 0. The van der Waals surface area contributed by atoms with Crippen LogP contribution in [0.15, 0.2) is 65.7 Å². The summed E-state index contributed by atoms with van der Waals surface area (Å²) in [6.45, 7) is 0.0815. The van der Waals surface area contributed by atoms with Crippen LogP contribution in [0.25, 0.3) is 16.9 Å². The zero-order valence-electron chi connectivity index (χ0n) is 13.8. The average molecular weight is 371 g/mol. The zero-order valence-corrected chi connectivity index (χ0v) is 13.8. The van der Waals surface area contributed by atoms with Crippen LogP contribution in [0.1, 0.15) is 11.1 Å². The van der Waals surface area contributed by atoms with E-state index in [0.717, 1.165) is 12.1 Å². The van der Waals surface area contributed by atoms with Gasteiger partial charge in [0.25, 0.3) is 5.56 Å². The maximum absolute atomic E-state index is 12.6. The smallest absolute Gasteiger partial charge is 0.293 e. The fourth-order valence-corrected chi connectivity index (χ4v) is 2.70. The van der Waals surface area contributed by atoms with Crippen molar-refractivity contribution in [2.24, 2.45) is 0 Å². The third-order valence-corrected chi connectivity index (χ3v) is 4.06. The van der Waals surface area contributed by atoms with Gasteiger partial charge in [-0.3, -0.25) is 9.36 Å². The van der Waals surface area contributed by atoms with E-state index in [1.165, 1.54) is 27.7 Å². The second-order valence-electron chi connectivity index (χ2n) is 5.88. The lowest BCUT2D eigenvalue weighted by Crippen LogP contribution is -2.21. The van der Waals surface area contributed by atoms with Crippen LogP contribution < -0.4 is 5.56 Å². The molecule has 0 saturated carbocycles. The Bertz CT molecular complexity index is 1150. The quantitative estimate of drug-likeness (QED) is 0.555. The first-order valence-electron chi connectivity index (χ1n) is 7.96. The van der Waals surface area contributed by atoms with Gasteiger partial charge in [0, 0.05) is 0 Å². The Hall–Kier alpha value is -3.49. The van der Waals surface area contributed by atoms with E-state index in [0.29, 0.717) is 16.9 Å². The van der Waals surface area contributed by atoms with Crippen molar-refractivity contribution in [3.8, 4) is 5.69 Å². The van der Waals surface area contributed by atoms with E-state index >= 15 is 0 Å². The van der Waals surface area contributed by atoms with Gasteiger partial charge >= 0.3 is 6.18 Å². The van der Waals surface area contributed by atoms with Gasteiger partial charge in [-0.05, 0) is 29.8 Å². The lowest BCUT2D eigenvalue weighted by Gasteiger charge is -2.09. The van der Waals surface area contributed by atoms with Crippen molar-refractivity contribution in [2.45, 2.75) is 12.7 Å². The van der Waals surface area contributed by atoms with Gasteiger partial charge in [0.1, 0.15) is 6.33 Å². The molecule has 2 aromatic carbocycles. The average Bonchev–Trinajstić information content (AvgIpc) is 3.09. The second-order valence-corrected chi connectivity index (χ2v) is 5.88. The van der Waals surface area contributed by atoms with Crippen molar-refractivity contribution in [3.63, 3.8) is 0 Å². The van der Waals surface area contributed by atoms with Gasteiger partial charge in [-0.15, -0.1) is 5.10 Å². The first kappa shape index (κ1) is 17.0. The van der Waals surface area contributed by atoms with Crippen LogP contribution in [0.4, 0.5) is 13.2 Å². The predicted molar refractivity (Wildman–Crippen MR) is 91.5 cm³/mol. The molecule has 0 unspecified atom stereocenters. The lowest BCUT2D eigenvalue weighted by atomic mass is 10.1. The summed E-state index contributed by atoms with van der Waals surface area (Å²) in [6, 6.07) is 13.8. The van der Waals surface area contributed by atoms with Crippen LogP contribution in [-0.4, -0.2) is 24.5 Å². The standard InChI is InChI=1S/C18H12F3N5O/c19-18(20,21)13-8-6-12(7-9-13)10-25-11-22-16-15(17(25)27)23-24-26(16)14-4-2-1-3-5-14/h1-9,11H,10H2. The minimum Gasteiger partial charge on any atom is -0.293 e. The third kappa shape index (κ3) is 3.19. The third-order valence-electron chi connectivity index (χ3n) is 4.06. The molecule has 0 saturated heterocycles. The monoisotopic (exact) mass is 371 g/mol. The Morgan fingerprint density at radius 2 is 1.67 bits per heavy atom. The van der Waals surface area contributed by atoms with E-state index in [1.54, 1.807) is 0 Å². The maximum atomic E-state index is 12.6. The molecule has 6 nitrogen and oxygen atoms in total. The fourth-order valence-electron chi connectivity index (χ4n) is 2.70. The van der Waals surface area contributed by atoms with E-state index in [-0.39, 0.29) is 12.1 Å². The van der Waals surface area contributed by atoms with Gasteiger partial charge in [-0.2, -0.15) is 17.9 Å². The molecule has 0 amide bonds. The number of para-hydroxylation sites is 1. The number of fused-ring (bicyclic) bond motifs is 1. The van der Waals surface area contributed by atoms with Gasteiger partial charge in [0.05, 0.1) is 17.8 Å². The SMILES string of the molecule is O=c1c2nnn(-c3ccccc3)c2ncn1Cc1ccc(C(F)(F)F)cc1.